The zero-order valence-corrected chi connectivity index (χ0v) is 21.6. The molecule has 0 aliphatic rings. The molecule has 1 amide bonds. The van der Waals surface area contributed by atoms with Gasteiger partial charge in [0.25, 0.3) is 5.91 Å². The third-order valence-corrected chi connectivity index (χ3v) is 6.16. The van der Waals surface area contributed by atoms with Gasteiger partial charge >= 0.3 is 5.97 Å². The molecular formula is C32H29FN2O3. The first-order chi connectivity index (χ1) is 18.4. The van der Waals surface area contributed by atoms with Gasteiger partial charge in [0, 0.05) is 42.7 Å². The highest BCUT2D eigenvalue weighted by Gasteiger charge is 2.20. The molecule has 0 unspecified atom stereocenters. The van der Waals surface area contributed by atoms with Gasteiger partial charge in [-0.15, -0.1) is 0 Å². The van der Waals surface area contributed by atoms with E-state index < -0.39 is 11.8 Å². The number of benzene rings is 4. The molecule has 0 fully saturated rings. The molecule has 0 N–H and O–H groups in total. The maximum absolute atomic E-state index is 15.4. The number of carbonyl (C=O) groups excluding carboxylic acids is 2. The molecule has 0 aliphatic carbocycles. The van der Waals surface area contributed by atoms with Gasteiger partial charge < -0.3 is 14.5 Å². The lowest BCUT2D eigenvalue weighted by Gasteiger charge is -2.24. The molecule has 0 saturated carbocycles. The van der Waals surface area contributed by atoms with Crippen molar-refractivity contribution in [1.29, 1.82) is 0 Å². The minimum absolute atomic E-state index is 0.0313. The summed E-state index contributed by atoms with van der Waals surface area (Å²) < 4.78 is 20.1. The molecule has 0 bridgehead atoms. The summed E-state index contributed by atoms with van der Waals surface area (Å²) in [5, 5.41) is 0. The zero-order chi connectivity index (χ0) is 27.1. The molecule has 0 aliphatic heterocycles. The largest absolute Gasteiger partial charge is 0.466 e. The third kappa shape index (κ3) is 6.34. The van der Waals surface area contributed by atoms with Gasteiger partial charge in [-0.1, -0.05) is 54.6 Å². The number of carbonyl (C=O) groups is 2. The van der Waals surface area contributed by atoms with Crippen molar-refractivity contribution in [2.24, 2.45) is 0 Å². The van der Waals surface area contributed by atoms with E-state index in [0.29, 0.717) is 22.4 Å². The van der Waals surface area contributed by atoms with Crippen LogP contribution in [0.4, 0.5) is 15.8 Å². The van der Waals surface area contributed by atoms with Crippen LogP contribution in [0.1, 0.15) is 21.5 Å². The first-order valence-electron chi connectivity index (χ1n) is 12.1. The number of amides is 1. The Morgan fingerprint density at radius 3 is 2.18 bits per heavy atom. The summed E-state index contributed by atoms with van der Waals surface area (Å²) in [5.74, 6) is -1.14. The Labute approximate surface area is 222 Å². The van der Waals surface area contributed by atoms with Crippen molar-refractivity contribution >= 4 is 29.3 Å². The van der Waals surface area contributed by atoms with Gasteiger partial charge in [-0.3, -0.25) is 4.79 Å². The fourth-order valence-corrected chi connectivity index (χ4v) is 4.02. The zero-order valence-electron chi connectivity index (χ0n) is 21.6. The van der Waals surface area contributed by atoms with Crippen molar-refractivity contribution in [3.8, 4) is 11.1 Å². The second-order valence-electron chi connectivity index (χ2n) is 8.96. The van der Waals surface area contributed by atoms with E-state index in [0.717, 1.165) is 16.8 Å². The minimum Gasteiger partial charge on any atom is -0.466 e. The predicted molar refractivity (Wildman–Crippen MR) is 151 cm³/mol. The highest BCUT2D eigenvalue weighted by atomic mass is 19.1. The van der Waals surface area contributed by atoms with Crippen molar-refractivity contribution in [2.75, 3.05) is 31.0 Å². The summed E-state index contributed by atoms with van der Waals surface area (Å²) in [6.45, 7) is 0.0313. The van der Waals surface area contributed by atoms with Gasteiger partial charge in [0.05, 0.1) is 13.7 Å². The Morgan fingerprint density at radius 2 is 1.53 bits per heavy atom. The normalized spacial score (nSPS) is 10.8. The highest BCUT2D eigenvalue weighted by molar-refractivity contribution is 6.06. The number of esters is 1. The van der Waals surface area contributed by atoms with Crippen LogP contribution in [0.5, 0.6) is 0 Å². The molecule has 0 saturated heterocycles. The standard InChI is InChI=1S/C32H29FN2O3/c1-34(2)28-17-15-24(16-18-28)26-13-14-27(30(33)21-26)22-35(32(37)25-9-5-4-6-10-25)29-11-7-8-23(20-29)12-19-31(36)38-3/h4-21H,22H2,1-3H3/b19-12+. The molecule has 6 heteroatoms. The fraction of sp³-hybridized carbons (Fsp3) is 0.125. The van der Waals surface area contributed by atoms with Gasteiger partial charge in [0.2, 0.25) is 0 Å². The molecule has 0 heterocycles. The Morgan fingerprint density at radius 1 is 0.816 bits per heavy atom. The summed E-state index contributed by atoms with van der Waals surface area (Å²) in [6.07, 6.45) is 2.92. The smallest absolute Gasteiger partial charge is 0.330 e. The van der Waals surface area contributed by atoms with E-state index in [1.165, 1.54) is 24.2 Å². The second-order valence-corrected chi connectivity index (χ2v) is 8.96. The average molecular weight is 509 g/mol. The Kier molecular flexibility index (Phi) is 8.34. The number of anilines is 2. The molecule has 192 valence electrons. The van der Waals surface area contributed by atoms with E-state index in [1.807, 2.05) is 61.5 Å². The Balaban J connectivity index is 1.66. The van der Waals surface area contributed by atoms with Gasteiger partial charge in [-0.2, -0.15) is 0 Å². The van der Waals surface area contributed by atoms with Gasteiger partial charge in [-0.05, 0) is 65.2 Å². The number of halogens is 1. The molecule has 0 atom stereocenters. The minimum atomic E-state index is -0.480. The summed E-state index contributed by atoms with van der Waals surface area (Å²) in [4.78, 5) is 28.6. The van der Waals surface area contributed by atoms with E-state index in [2.05, 4.69) is 4.74 Å². The van der Waals surface area contributed by atoms with E-state index in [1.54, 1.807) is 54.6 Å². The first kappa shape index (κ1) is 26.4. The van der Waals surface area contributed by atoms with Gasteiger partial charge in [-0.25, -0.2) is 9.18 Å². The second kappa shape index (κ2) is 12.0. The van der Waals surface area contributed by atoms with Crippen LogP contribution in [-0.4, -0.2) is 33.1 Å². The predicted octanol–water partition coefficient (Wildman–Crippen LogP) is 6.59. The van der Waals surface area contributed by atoms with Crippen LogP contribution >= 0.6 is 0 Å². The quantitative estimate of drug-likeness (QED) is 0.199. The Bertz CT molecular complexity index is 1450. The number of rotatable bonds is 8. The molecule has 38 heavy (non-hydrogen) atoms. The van der Waals surface area contributed by atoms with E-state index in [4.69, 9.17) is 0 Å². The molecular weight excluding hydrogens is 479 g/mol. The van der Waals surface area contributed by atoms with Crippen molar-refractivity contribution in [2.45, 2.75) is 6.54 Å². The summed E-state index contributed by atoms with van der Waals surface area (Å²) in [7, 11) is 5.25. The number of nitrogens with zero attached hydrogens (tertiary/aromatic N) is 2. The summed E-state index contributed by atoms with van der Waals surface area (Å²) in [6, 6.07) is 29.0. The van der Waals surface area contributed by atoms with E-state index >= 15 is 4.39 Å². The number of ether oxygens (including phenoxy) is 1. The van der Waals surface area contributed by atoms with Crippen molar-refractivity contribution in [1.82, 2.24) is 0 Å². The van der Waals surface area contributed by atoms with E-state index in [9.17, 15) is 9.59 Å². The van der Waals surface area contributed by atoms with Crippen molar-refractivity contribution in [3.63, 3.8) is 0 Å². The SMILES string of the molecule is COC(=O)/C=C/c1cccc(N(Cc2ccc(-c3ccc(N(C)C)cc3)cc2F)C(=O)c2ccccc2)c1. The van der Waals surface area contributed by atoms with Gasteiger partial charge in [0.15, 0.2) is 0 Å². The van der Waals surface area contributed by atoms with Crippen LogP contribution in [0.15, 0.2) is 103 Å². The lowest BCUT2D eigenvalue weighted by Crippen LogP contribution is -2.30. The lowest BCUT2D eigenvalue weighted by atomic mass is 10.0. The van der Waals surface area contributed by atoms with Crippen LogP contribution < -0.4 is 9.80 Å². The van der Waals surface area contributed by atoms with Gasteiger partial charge in [0.1, 0.15) is 5.82 Å². The van der Waals surface area contributed by atoms with Crippen molar-refractivity contribution in [3.05, 3.63) is 126 Å². The summed E-state index contributed by atoms with van der Waals surface area (Å²) >= 11 is 0. The maximum Gasteiger partial charge on any atom is 0.330 e. The molecule has 4 rings (SSSR count). The summed E-state index contributed by atoms with van der Waals surface area (Å²) in [5.41, 5.74) is 4.88. The van der Waals surface area contributed by atoms with E-state index in [-0.39, 0.29) is 12.5 Å². The third-order valence-electron chi connectivity index (χ3n) is 6.16. The van der Waals surface area contributed by atoms with Crippen LogP contribution in [-0.2, 0) is 16.1 Å². The van der Waals surface area contributed by atoms with Crippen LogP contribution in [0.2, 0.25) is 0 Å². The monoisotopic (exact) mass is 508 g/mol. The molecule has 0 radical (unpaired) electrons. The van der Waals surface area contributed by atoms with Crippen LogP contribution in [0.3, 0.4) is 0 Å². The van der Waals surface area contributed by atoms with Crippen LogP contribution in [0, 0.1) is 5.82 Å². The maximum atomic E-state index is 15.4. The number of hydrogen-bond donors (Lipinski definition) is 0. The van der Waals surface area contributed by atoms with Crippen molar-refractivity contribution < 1.29 is 18.7 Å². The number of methoxy groups -OCH3 is 1. The Hall–Kier alpha value is -4.71. The topological polar surface area (TPSA) is 49.9 Å². The highest BCUT2D eigenvalue weighted by Crippen LogP contribution is 2.27. The molecule has 5 nitrogen and oxygen atoms in total. The molecule has 0 aromatic heterocycles. The number of hydrogen-bond acceptors (Lipinski definition) is 4. The first-order valence-corrected chi connectivity index (χ1v) is 12.1. The fourth-order valence-electron chi connectivity index (χ4n) is 4.02. The molecule has 0 spiro atoms. The average Bonchev–Trinajstić information content (AvgIpc) is 2.95. The molecule has 4 aromatic rings. The molecule has 4 aromatic carbocycles. The van der Waals surface area contributed by atoms with Crippen LogP contribution in [0.25, 0.3) is 17.2 Å². The lowest BCUT2D eigenvalue weighted by molar-refractivity contribution is -0.134.